The Balaban J connectivity index is -0.0000000873. The first-order valence-corrected chi connectivity index (χ1v) is 8.02. The third kappa shape index (κ3) is 77.2. The van der Waals surface area contributed by atoms with Crippen LogP contribution in [-0.4, -0.2) is 44.3 Å². The van der Waals surface area contributed by atoms with Crippen LogP contribution in [0.15, 0.2) is 46.6 Å². The van der Waals surface area contributed by atoms with Gasteiger partial charge in [0.2, 0.25) is 0 Å². The fourth-order valence-electron chi connectivity index (χ4n) is 0.988. The minimum absolute atomic E-state index is 0. The summed E-state index contributed by atoms with van der Waals surface area (Å²) in [6.45, 7) is 14.0. The van der Waals surface area contributed by atoms with Crippen molar-refractivity contribution in [2.24, 2.45) is 0 Å². The Bertz CT molecular complexity index is 513. The summed E-state index contributed by atoms with van der Waals surface area (Å²) in [5.74, 6) is -3.50. The minimum atomic E-state index is -0.875. The summed E-state index contributed by atoms with van der Waals surface area (Å²) >= 11 is 0. The van der Waals surface area contributed by atoms with E-state index < -0.39 is 23.9 Å². The van der Waals surface area contributed by atoms with Crippen LogP contribution >= 0.6 is 0 Å². The second-order valence-corrected chi connectivity index (χ2v) is 6.24. The van der Waals surface area contributed by atoms with Crippen LogP contribution in [0.3, 0.4) is 0 Å². The van der Waals surface area contributed by atoms with E-state index in [1.165, 1.54) is 24.3 Å². The van der Waals surface area contributed by atoms with Gasteiger partial charge in [0.05, 0.1) is 0 Å². The van der Waals surface area contributed by atoms with Gasteiger partial charge in [-0.15, -0.1) is 0 Å². The van der Waals surface area contributed by atoms with Crippen molar-refractivity contribution in [3.63, 3.8) is 0 Å². The number of carboxylic acids is 4. The molecule has 0 unspecified atom stereocenters. The van der Waals surface area contributed by atoms with Gasteiger partial charge in [-0.3, -0.25) is 0 Å². The predicted molar refractivity (Wildman–Crippen MR) is 108 cm³/mol. The van der Waals surface area contributed by atoms with E-state index in [1.54, 1.807) is 55.4 Å². The molecule has 0 heterocycles. The molecule has 9 heteroatoms. The number of hydrogen-bond donors (Lipinski definition) is 4. The first-order chi connectivity index (χ1) is 12.5. The number of hydrogen-bond acceptors (Lipinski definition) is 4. The van der Waals surface area contributed by atoms with Crippen LogP contribution in [0.5, 0.6) is 0 Å². The standard InChI is InChI=1S/4C5H8O2.Mo/c4*1-4(2)3-5(6)7;/h4*3H,1-2H3,(H,6,7);. The molecule has 0 aliphatic heterocycles. The van der Waals surface area contributed by atoms with Gasteiger partial charge in [0.15, 0.2) is 0 Å². The predicted octanol–water partition coefficient (Wildman–Crippen LogP) is 4.15. The van der Waals surface area contributed by atoms with Crippen LogP contribution in [0.25, 0.3) is 0 Å². The molecule has 0 aliphatic rings. The Morgan fingerprint density at radius 2 is 0.517 bits per heavy atom. The third-order valence-electron chi connectivity index (χ3n) is 1.65. The molecular weight excluding hydrogens is 464 g/mol. The van der Waals surface area contributed by atoms with Crippen LogP contribution in [-0.2, 0) is 40.2 Å². The van der Waals surface area contributed by atoms with Gasteiger partial charge in [-0.2, -0.15) is 0 Å². The van der Waals surface area contributed by atoms with Crippen LogP contribution in [0.1, 0.15) is 55.4 Å². The van der Waals surface area contributed by atoms with E-state index >= 15 is 0 Å². The maximum absolute atomic E-state index is 9.73. The Hall–Kier alpha value is -2.47. The normalized spacial score (nSPS) is 7.45. The van der Waals surface area contributed by atoms with Gasteiger partial charge in [0.25, 0.3) is 0 Å². The molecule has 0 aromatic carbocycles. The third-order valence-corrected chi connectivity index (χ3v) is 1.65. The van der Waals surface area contributed by atoms with E-state index in [-0.39, 0.29) is 21.1 Å². The van der Waals surface area contributed by atoms with E-state index in [0.717, 1.165) is 22.3 Å². The van der Waals surface area contributed by atoms with E-state index in [1.807, 2.05) is 0 Å². The Labute approximate surface area is 186 Å². The van der Waals surface area contributed by atoms with Crippen molar-refractivity contribution in [2.75, 3.05) is 0 Å². The molecule has 0 radical (unpaired) electrons. The molecule has 0 atom stereocenters. The number of allylic oxidation sites excluding steroid dienone is 4. The first-order valence-electron chi connectivity index (χ1n) is 8.02. The molecule has 0 saturated heterocycles. The van der Waals surface area contributed by atoms with Gasteiger partial charge in [0.1, 0.15) is 0 Å². The van der Waals surface area contributed by atoms with E-state index in [4.69, 9.17) is 20.4 Å². The molecule has 0 aromatic rings. The summed E-state index contributed by atoms with van der Waals surface area (Å²) < 4.78 is 0. The van der Waals surface area contributed by atoms with Crippen LogP contribution in [0.2, 0.25) is 0 Å². The Morgan fingerprint density at radius 1 is 0.414 bits per heavy atom. The zero-order chi connectivity index (χ0) is 23.4. The van der Waals surface area contributed by atoms with E-state index in [0.29, 0.717) is 0 Å². The quantitative estimate of drug-likeness (QED) is 0.335. The molecule has 0 spiro atoms. The van der Waals surface area contributed by atoms with Crippen molar-refractivity contribution in [2.45, 2.75) is 55.4 Å². The molecule has 0 amide bonds. The second kappa shape index (κ2) is 23.6. The van der Waals surface area contributed by atoms with E-state index in [2.05, 4.69) is 0 Å². The van der Waals surface area contributed by atoms with E-state index in [9.17, 15) is 19.2 Å². The molecule has 166 valence electrons. The summed E-state index contributed by atoms with van der Waals surface area (Å²) in [5.41, 5.74) is 3.25. The molecule has 8 nitrogen and oxygen atoms in total. The molecule has 0 aliphatic carbocycles. The van der Waals surface area contributed by atoms with Crippen molar-refractivity contribution < 1.29 is 60.7 Å². The van der Waals surface area contributed by atoms with Crippen LogP contribution in [0.4, 0.5) is 0 Å². The van der Waals surface area contributed by atoms with Gasteiger partial charge < -0.3 is 20.4 Å². The summed E-state index contributed by atoms with van der Waals surface area (Å²) in [6.07, 6.45) is 4.67. The largest absolute Gasteiger partial charge is 0.478 e. The van der Waals surface area contributed by atoms with Gasteiger partial charge in [0, 0.05) is 45.4 Å². The van der Waals surface area contributed by atoms with Gasteiger partial charge in [-0.25, -0.2) is 19.2 Å². The van der Waals surface area contributed by atoms with Gasteiger partial charge in [-0.1, -0.05) is 22.3 Å². The van der Waals surface area contributed by atoms with Gasteiger partial charge in [-0.05, 0) is 55.4 Å². The van der Waals surface area contributed by atoms with Crippen molar-refractivity contribution in [1.82, 2.24) is 0 Å². The molecule has 0 saturated carbocycles. The minimum Gasteiger partial charge on any atom is -0.478 e. The van der Waals surface area contributed by atoms with Crippen molar-refractivity contribution >= 4 is 23.9 Å². The van der Waals surface area contributed by atoms with Crippen molar-refractivity contribution in [3.05, 3.63) is 46.6 Å². The second-order valence-electron chi connectivity index (χ2n) is 6.24. The molecule has 0 rings (SSSR count). The fraction of sp³-hybridized carbons (Fsp3) is 0.400. The summed E-state index contributed by atoms with van der Waals surface area (Å²) in [6, 6.07) is 0. The zero-order valence-electron chi connectivity index (χ0n) is 18.1. The fourth-order valence-corrected chi connectivity index (χ4v) is 0.988. The molecule has 0 aromatic heterocycles. The van der Waals surface area contributed by atoms with Crippen LogP contribution < -0.4 is 0 Å². The maximum atomic E-state index is 9.73. The number of aliphatic carboxylic acids is 4. The smallest absolute Gasteiger partial charge is 0.328 e. The molecule has 29 heavy (non-hydrogen) atoms. The number of carboxylic acid groups (broad SMARTS) is 4. The molecule has 4 N–H and O–H groups in total. The summed E-state index contributed by atoms with van der Waals surface area (Å²) in [5, 5.41) is 32.0. The number of rotatable bonds is 4. The van der Waals surface area contributed by atoms with Crippen molar-refractivity contribution in [1.29, 1.82) is 0 Å². The zero-order valence-corrected chi connectivity index (χ0v) is 20.1. The average Bonchev–Trinajstić information content (AvgIpc) is 2.32. The Kier molecular flexibility index (Phi) is 30.3. The topological polar surface area (TPSA) is 149 Å². The van der Waals surface area contributed by atoms with Crippen LogP contribution in [0, 0.1) is 0 Å². The molecular formula is C20H32MoO8. The Morgan fingerprint density at radius 3 is 0.517 bits per heavy atom. The molecule has 0 bridgehead atoms. The number of carbonyl (C=O) groups is 4. The first kappa shape index (κ1) is 37.3. The summed E-state index contributed by atoms with van der Waals surface area (Å²) in [4.78, 5) is 38.9. The maximum Gasteiger partial charge on any atom is 0.328 e. The average molecular weight is 496 g/mol. The molecule has 0 fully saturated rings. The monoisotopic (exact) mass is 498 g/mol. The SMILES string of the molecule is CC(C)=CC(=O)O.CC(C)=CC(=O)O.CC(C)=CC(=O)O.CC(C)=CC(=O)O.[Mo]. The summed E-state index contributed by atoms with van der Waals surface area (Å²) in [7, 11) is 0. The van der Waals surface area contributed by atoms with Gasteiger partial charge >= 0.3 is 23.9 Å². The van der Waals surface area contributed by atoms with Crippen molar-refractivity contribution in [3.8, 4) is 0 Å².